The predicted molar refractivity (Wildman–Crippen MR) is 184 cm³/mol. The number of likely N-dealkylation sites (N-methyl/N-ethyl adjacent to an activating group) is 1. The highest BCUT2D eigenvalue weighted by Crippen LogP contribution is 2.43. The summed E-state index contributed by atoms with van der Waals surface area (Å²) in [5.41, 5.74) is 2.74. The third kappa shape index (κ3) is 7.18. The molecule has 2 aromatic carbocycles. The summed E-state index contributed by atoms with van der Waals surface area (Å²) in [4.78, 5) is 43.8. The number of halogens is 1. The van der Waals surface area contributed by atoms with Gasteiger partial charge in [-0.3, -0.25) is 19.4 Å². The Kier molecular flexibility index (Phi) is 9.89. The molecule has 1 atom stereocenters. The molecule has 3 heterocycles. The van der Waals surface area contributed by atoms with Gasteiger partial charge in [-0.05, 0) is 86.4 Å². The second-order valence-corrected chi connectivity index (χ2v) is 13.8. The Bertz CT molecular complexity index is 1580. The van der Waals surface area contributed by atoms with E-state index in [1.807, 2.05) is 62.2 Å². The Morgan fingerprint density at radius 1 is 0.979 bits per heavy atom. The highest BCUT2D eigenvalue weighted by atomic mass is 35.5. The predicted octanol–water partition coefficient (Wildman–Crippen LogP) is 5.37. The lowest BCUT2D eigenvalue weighted by Gasteiger charge is -2.41. The van der Waals surface area contributed by atoms with Crippen LogP contribution in [0.5, 0.6) is 11.5 Å². The second kappa shape index (κ2) is 14.1. The van der Waals surface area contributed by atoms with E-state index in [4.69, 9.17) is 31.0 Å². The first kappa shape index (κ1) is 33.0. The summed E-state index contributed by atoms with van der Waals surface area (Å²) in [6.07, 6.45) is 8.09. The van der Waals surface area contributed by atoms with Gasteiger partial charge in [-0.15, -0.1) is 0 Å². The minimum absolute atomic E-state index is 0.0506. The Hall–Kier alpha value is -3.89. The van der Waals surface area contributed by atoms with Crippen molar-refractivity contribution in [3.63, 3.8) is 0 Å². The molecule has 47 heavy (non-hydrogen) atoms. The van der Waals surface area contributed by atoms with Crippen LogP contribution in [0.3, 0.4) is 0 Å². The van der Waals surface area contributed by atoms with Crippen LogP contribution < -0.4 is 19.3 Å². The molecule has 6 rings (SSSR count). The Labute approximate surface area is 282 Å². The quantitative estimate of drug-likeness (QED) is 0.303. The van der Waals surface area contributed by atoms with Crippen molar-refractivity contribution in [3.05, 3.63) is 70.5 Å². The normalized spacial score (nSPS) is 22.0. The smallest absolute Gasteiger partial charge is 0.236 e. The molecular formula is C36H45ClN6O4. The molecule has 3 aliphatic rings. The fourth-order valence-corrected chi connectivity index (χ4v) is 7.32. The molecule has 3 aromatic rings. The van der Waals surface area contributed by atoms with E-state index in [1.54, 1.807) is 24.4 Å². The molecule has 1 aliphatic carbocycles. The van der Waals surface area contributed by atoms with Crippen molar-refractivity contribution in [3.8, 4) is 11.5 Å². The van der Waals surface area contributed by atoms with Crippen LogP contribution in [0.2, 0.25) is 5.02 Å². The molecule has 0 N–H and O–H groups in total. The summed E-state index contributed by atoms with van der Waals surface area (Å²) in [6.45, 7) is 7.15. The number of carbonyl (C=O) groups is 2. The van der Waals surface area contributed by atoms with Crippen molar-refractivity contribution in [2.75, 3.05) is 57.2 Å². The first-order chi connectivity index (χ1) is 22.6. The van der Waals surface area contributed by atoms with E-state index in [1.165, 1.54) is 0 Å². The van der Waals surface area contributed by atoms with Gasteiger partial charge in [0.1, 0.15) is 5.82 Å². The monoisotopic (exact) mass is 660 g/mol. The van der Waals surface area contributed by atoms with E-state index < -0.39 is 6.04 Å². The lowest BCUT2D eigenvalue weighted by molar-refractivity contribution is -0.135. The number of fused-ring (bicyclic) bond motifs is 1. The molecule has 0 unspecified atom stereocenters. The van der Waals surface area contributed by atoms with Crippen LogP contribution in [0.4, 0.5) is 11.6 Å². The lowest BCUT2D eigenvalue weighted by atomic mass is 9.84. The van der Waals surface area contributed by atoms with Gasteiger partial charge in [0.05, 0.1) is 44.6 Å². The standard InChI is InChI=1S/C36H45ClN6O4/c1-23(2)47-31-18-29-26(16-30(31)46-5)17-34(44)43(36(29)25-8-10-27(37)11-9-25)33-20-38-32(19-39-33)41(4)21-24-6-12-28(13-7-24)42-15-14-40(3)35(45)22-42/h8-11,16,18-20,23-24,28,36H,6-7,12-15,17,21-22H2,1-5H3/t24?,28?,36-/m0/s1. The Balaban J connectivity index is 1.19. The molecule has 1 saturated carbocycles. The SMILES string of the molecule is COc1cc2c(cc1OC(C)C)[C@H](c1ccc(Cl)cc1)N(c1cnc(N(C)CC3CCC(N4CCN(C)C(=O)C4)CC3)cn1)C(=O)C2. The molecule has 0 bridgehead atoms. The number of piperazine rings is 1. The van der Waals surface area contributed by atoms with Gasteiger partial charge in [-0.1, -0.05) is 23.7 Å². The van der Waals surface area contributed by atoms with Crippen molar-refractivity contribution in [1.29, 1.82) is 0 Å². The Morgan fingerprint density at radius 2 is 1.72 bits per heavy atom. The van der Waals surface area contributed by atoms with Crippen molar-refractivity contribution < 1.29 is 19.1 Å². The zero-order valence-corrected chi connectivity index (χ0v) is 28.7. The molecule has 250 valence electrons. The number of methoxy groups -OCH3 is 1. The van der Waals surface area contributed by atoms with E-state index in [0.717, 1.165) is 67.8 Å². The lowest BCUT2D eigenvalue weighted by Crippen LogP contribution is -2.53. The van der Waals surface area contributed by atoms with Gasteiger partial charge >= 0.3 is 0 Å². The fraction of sp³-hybridized carbons (Fsp3) is 0.500. The van der Waals surface area contributed by atoms with E-state index in [2.05, 4.69) is 16.8 Å². The number of hydrogen-bond acceptors (Lipinski definition) is 8. The largest absolute Gasteiger partial charge is 0.493 e. The van der Waals surface area contributed by atoms with Crippen molar-refractivity contribution >= 4 is 35.1 Å². The van der Waals surface area contributed by atoms with E-state index >= 15 is 0 Å². The summed E-state index contributed by atoms with van der Waals surface area (Å²) in [7, 11) is 5.55. The summed E-state index contributed by atoms with van der Waals surface area (Å²) < 4.78 is 11.8. The molecule has 2 fully saturated rings. The van der Waals surface area contributed by atoms with Crippen LogP contribution in [-0.4, -0.2) is 91.1 Å². The van der Waals surface area contributed by atoms with Gasteiger partial charge in [-0.2, -0.15) is 0 Å². The van der Waals surface area contributed by atoms with Gasteiger partial charge in [0.25, 0.3) is 0 Å². The maximum atomic E-state index is 13.9. The number of amides is 2. The van der Waals surface area contributed by atoms with Gasteiger partial charge in [0, 0.05) is 44.8 Å². The van der Waals surface area contributed by atoms with Crippen molar-refractivity contribution in [2.45, 2.75) is 64.1 Å². The van der Waals surface area contributed by atoms with Crippen LogP contribution >= 0.6 is 11.6 Å². The van der Waals surface area contributed by atoms with Gasteiger partial charge in [0.2, 0.25) is 11.8 Å². The summed E-state index contributed by atoms with van der Waals surface area (Å²) in [5, 5.41) is 0.622. The second-order valence-electron chi connectivity index (χ2n) is 13.3. The minimum Gasteiger partial charge on any atom is -0.493 e. The van der Waals surface area contributed by atoms with Crippen LogP contribution in [-0.2, 0) is 16.0 Å². The number of aromatic nitrogens is 2. The number of anilines is 2. The van der Waals surface area contributed by atoms with Crippen molar-refractivity contribution in [1.82, 2.24) is 19.8 Å². The number of rotatable bonds is 9. The maximum absolute atomic E-state index is 13.9. The average molecular weight is 661 g/mol. The number of benzene rings is 2. The minimum atomic E-state index is -0.451. The van der Waals surface area contributed by atoms with Crippen LogP contribution in [0.1, 0.15) is 62.3 Å². The number of ether oxygens (including phenoxy) is 2. The molecule has 0 radical (unpaired) electrons. The molecule has 2 amide bonds. The summed E-state index contributed by atoms with van der Waals surface area (Å²) in [5.74, 6) is 3.18. The number of nitrogens with zero attached hydrogens (tertiary/aromatic N) is 6. The Morgan fingerprint density at radius 3 is 2.36 bits per heavy atom. The van der Waals surface area contributed by atoms with Crippen LogP contribution in [0, 0.1) is 5.92 Å². The van der Waals surface area contributed by atoms with Crippen LogP contribution in [0.25, 0.3) is 0 Å². The number of hydrogen-bond donors (Lipinski definition) is 0. The third-order valence-electron chi connectivity index (χ3n) is 9.75. The highest BCUT2D eigenvalue weighted by Gasteiger charge is 2.37. The molecule has 1 aromatic heterocycles. The average Bonchev–Trinajstić information content (AvgIpc) is 3.06. The zero-order chi connectivity index (χ0) is 33.2. The van der Waals surface area contributed by atoms with Gasteiger partial charge in [0.15, 0.2) is 17.3 Å². The molecule has 11 heteroatoms. The summed E-state index contributed by atoms with van der Waals surface area (Å²) >= 11 is 6.26. The van der Waals surface area contributed by atoms with Crippen LogP contribution in [0.15, 0.2) is 48.8 Å². The van der Waals surface area contributed by atoms with Gasteiger partial charge in [-0.25, -0.2) is 9.97 Å². The zero-order valence-electron chi connectivity index (χ0n) is 28.0. The first-order valence-electron chi connectivity index (χ1n) is 16.6. The van der Waals surface area contributed by atoms with E-state index in [9.17, 15) is 9.59 Å². The summed E-state index contributed by atoms with van der Waals surface area (Å²) in [6, 6.07) is 11.5. The topological polar surface area (TPSA) is 91.3 Å². The maximum Gasteiger partial charge on any atom is 0.236 e. The highest BCUT2D eigenvalue weighted by molar-refractivity contribution is 6.30. The molecule has 10 nitrogen and oxygen atoms in total. The van der Waals surface area contributed by atoms with E-state index in [0.29, 0.717) is 40.8 Å². The molecule has 0 spiro atoms. The third-order valence-corrected chi connectivity index (χ3v) is 10.0. The molecule has 1 saturated heterocycles. The van der Waals surface area contributed by atoms with E-state index in [-0.39, 0.29) is 24.3 Å². The number of carbonyl (C=O) groups excluding carboxylic acids is 2. The van der Waals surface area contributed by atoms with Crippen molar-refractivity contribution in [2.24, 2.45) is 5.92 Å². The molecular weight excluding hydrogens is 616 g/mol. The van der Waals surface area contributed by atoms with Gasteiger partial charge < -0.3 is 19.3 Å². The molecule has 2 aliphatic heterocycles. The first-order valence-corrected chi connectivity index (χ1v) is 16.9. The fourth-order valence-electron chi connectivity index (χ4n) is 7.19.